The van der Waals surface area contributed by atoms with Crippen molar-refractivity contribution in [3.8, 4) is 11.5 Å². The predicted octanol–water partition coefficient (Wildman–Crippen LogP) is 4.30. The molecule has 2 aromatic carbocycles. The third-order valence-electron chi connectivity index (χ3n) is 6.06. The lowest BCUT2D eigenvalue weighted by Gasteiger charge is -2.31. The molecule has 1 aliphatic carbocycles. The molecule has 9 heteroatoms. The van der Waals surface area contributed by atoms with Gasteiger partial charge in [0, 0.05) is 23.6 Å². The van der Waals surface area contributed by atoms with Crippen LogP contribution in [0, 0.1) is 11.8 Å². The molecule has 0 radical (unpaired) electrons. The van der Waals surface area contributed by atoms with Crippen molar-refractivity contribution < 1.29 is 27.8 Å². The van der Waals surface area contributed by atoms with E-state index in [4.69, 9.17) is 9.47 Å². The van der Waals surface area contributed by atoms with Crippen LogP contribution in [-0.4, -0.2) is 43.6 Å². The quantitative estimate of drug-likeness (QED) is 0.581. The number of sulfonamides is 1. The van der Waals surface area contributed by atoms with E-state index in [0.29, 0.717) is 56.9 Å². The van der Waals surface area contributed by atoms with Crippen LogP contribution in [0.25, 0.3) is 0 Å². The zero-order valence-corrected chi connectivity index (χ0v) is 20.0. The van der Waals surface area contributed by atoms with Gasteiger partial charge in [-0.25, -0.2) is 8.42 Å². The minimum Gasteiger partial charge on any atom is -0.486 e. The molecular weight excluding hydrogens is 498 g/mol. The van der Waals surface area contributed by atoms with Crippen LogP contribution >= 0.6 is 15.9 Å². The van der Waals surface area contributed by atoms with Gasteiger partial charge in [0.1, 0.15) is 13.2 Å². The van der Waals surface area contributed by atoms with Crippen LogP contribution in [0.15, 0.2) is 51.8 Å². The summed E-state index contributed by atoms with van der Waals surface area (Å²) < 4.78 is 40.9. The largest absolute Gasteiger partial charge is 0.486 e. The molecule has 32 heavy (non-hydrogen) atoms. The lowest BCUT2D eigenvalue weighted by molar-refractivity contribution is -0.143. The summed E-state index contributed by atoms with van der Waals surface area (Å²) in [6.45, 7) is 1.39. The van der Waals surface area contributed by atoms with Gasteiger partial charge in [-0.15, -0.1) is 0 Å². The summed E-state index contributed by atoms with van der Waals surface area (Å²) in [5.74, 6) is -0.00955. The first-order valence-electron chi connectivity index (χ1n) is 10.7. The van der Waals surface area contributed by atoms with Crippen molar-refractivity contribution in [2.75, 3.05) is 19.8 Å². The zero-order valence-electron chi connectivity index (χ0n) is 17.6. The van der Waals surface area contributed by atoms with E-state index in [1.165, 1.54) is 10.4 Å². The van der Waals surface area contributed by atoms with Crippen molar-refractivity contribution in [1.29, 1.82) is 0 Å². The third kappa shape index (κ3) is 5.27. The maximum atomic E-state index is 13.7. The van der Waals surface area contributed by atoms with Gasteiger partial charge >= 0.3 is 5.97 Å². The summed E-state index contributed by atoms with van der Waals surface area (Å²) in [7, 11) is -3.81. The van der Waals surface area contributed by atoms with E-state index in [1.54, 1.807) is 12.1 Å². The summed E-state index contributed by atoms with van der Waals surface area (Å²) >= 11 is 3.45. The van der Waals surface area contributed by atoms with Gasteiger partial charge in [-0.1, -0.05) is 28.1 Å². The number of fused-ring (bicyclic) bond motifs is 1. The Hall–Kier alpha value is -2.10. The van der Waals surface area contributed by atoms with Gasteiger partial charge < -0.3 is 14.6 Å². The molecule has 1 aliphatic heterocycles. The van der Waals surface area contributed by atoms with Gasteiger partial charge in [0.15, 0.2) is 11.5 Å². The molecule has 4 rings (SSSR count). The van der Waals surface area contributed by atoms with E-state index in [1.807, 2.05) is 24.3 Å². The molecule has 0 unspecified atom stereocenters. The molecule has 2 aliphatic rings. The predicted molar refractivity (Wildman–Crippen MR) is 122 cm³/mol. The Balaban J connectivity index is 1.60. The van der Waals surface area contributed by atoms with E-state index in [2.05, 4.69) is 15.9 Å². The first-order valence-corrected chi connectivity index (χ1v) is 12.9. The number of carboxylic acids is 1. The molecular formula is C23H26BrNO6S. The Bertz CT molecular complexity index is 1080. The zero-order chi connectivity index (χ0) is 22.7. The Kier molecular flexibility index (Phi) is 7.07. The van der Waals surface area contributed by atoms with E-state index < -0.39 is 16.0 Å². The maximum Gasteiger partial charge on any atom is 0.306 e. The van der Waals surface area contributed by atoms with E-state index in [-0.39, 0.29) is 23.3 Å². The maximum absolute atomic E-state index is 13.7. The Labute approximate surface area is 196 Å². The Morgan fingerprint density at radius 1 is 1.03 bits per heavy atom. The second kappa shape index (κ2) is 9.80. The number of ether oxygens (including phenoxy) is 2. The van der Waals surface area contributed by atoms with Gasteiger partial charge in [0.05, 0.1) is 10.8 Å². The smallest absolute Gasteiger partial charge is 0.306 e. The summed E-state index contributed by atoms with van der Waals surface area (Å²) in [6, 6.07) is 12.3. The van der Waals surface area contributed by atoms with Gasteiger partial charge in [-0.05, 0) is 61.4 Å². The fourth-order valence-corrected chi connectivity index (χ4v) is 6.27. The molecule has 0 atom stereocenters. The lowest BCUT2D eigenvalue weighted by atomic mass is 9.82. The lowest BCUT2D eigenvalue weighted by Crippen LogP contribution is -2.36. The van der Waals surface area contributed by atoms with Gasteiger partial charge in [0.25, 0.3) is 0 Å². The summed E-state index contributed by atoms with van der Waals surface area (Å²) in [5.41, 5.74) is 0.875. The fourth-order valence-electron chi connectivity index (χ4n) is 4.30. The second-order valence-corrected chi connectivity index (χ2v) is 11.1. The molecule has 0 spiro atoms. The van der Waals surface area contributed by atoms with Crippen molar-refractivity contribution in [1.82, 2.24) is 4.31 Å². The highest BCUT2D eigenvalue weighted by atomic mass is 79.9. The summed E-state index contributed by atoms with van der Waals surface area (Å²) in [4.78, 5) is 11.4. The number of nitrogens with zero attached hydrogens (tertiary/aromatic N) is 1. The van der Waals surface area contributed by atoms with E-state index >= 15 is 0 Å². The Morgan fingerprint density at radius 3 is 2.44 bits per heavy atom. The number of halogens is 1. The number of benzene rings is 2. The highest BCUT2D eigenvalue weighted by molar-refractivity contribution is 9.10. The number of carboxylic acid groups (broad SMARTS) is 1. The van der Waals surface area contributed by atoms with Gasteiger partial charge in [-0.2, -0.15) is 4.31 Å². The average Bonchev–Trinajstić information content (AvgIpc) is 2.78. The third-order valence-corrected chi connectivity index (χ3v) is 8.36. The first kappa shape index (κ1) is 23.1. The molecule has 1 N–H and O–H groups in total. The topological polar surface area (TPSA) is 93.1 Å². The minimum atomic E-state index is -3.81. The number of hydrogen-bond donors (Lipinski definition) is 1. The van der Waals surface area contributed by atoms with Crippen molar-refractivity contribution in [2.45, 2.75) is 37.1 Å². The summed E-state index contributed by atoms with van der Waals surface area (Å²) in [5, 5.41) is 9.27. The Morgan fingerprint density at radius 2 is 1.75 bits per heavy atom. The number of carbonyl (C=O) groups is 1. The van der Waals surface area contributed by atoms with Crippen LogP contribution in [0.3, 0.4) is 0 Å². The number of hydrogen-bond acceptors (Lipinski definition) is 5. The first-order chi connectivity index (χ1) is 15.3. The second-order valence-electron chi connectivity index (χ2n) is 8.29. The van der Waals surface area contributed by atoms with Gasteiger partial charge in [0.2, 0.25) is 10.0 Å². The van der Waals surface area contributed by atoms with Crippen molar-refractivity contribution in [3.05, 3.63) is 52.5 Å². The van der Waals surface area contributed by atoms with Gasteiger partial charge in [-0.3, -0.25) is 4.79 Å². The molecule has 1 heterocycles. The van der Waals surface area contributed by atoms with Crippen LogP contribution in [0.2, 0.25) is 0 Å². The molecule has 0 amide bonds. The fraction of sp³-hybridized carbons (Fsp3) is 0.435. The van der Waals surface area contributed by atoms with Crippen molar-refractivity contribution in [3.63, 3.8) is 0 Å². The van der Waals surface area contributed by atoms with Crippen molar-refractivity contribution in [2.24, 2.45) is 11.8 Å². The van der Waals surface area contributed by atoms with Crippen LogP contribution in [0.4, 0.5) is 0 Å². The van der Waals surface area contributed by atoms with Crippen LogP contribution in [0.5, 0.6) is 11.5 Å². The van der Waals surface area contributed by atoms with E-state index in [9.17, 15) is 18.3 Å². The normalized spacial score (nSPS) is 20.8. The molecule has 0 aromatic heterocycles. The molecule has 7 nitrogen and oxygen atoms in total. The number of aliphatic carboxylic acids is 1. The average molecular weight is 524 g/mol. The van der Waals surface area contributed by atoms with Crippen LogP contribution in [0.1, 0.15) is 31.2 Å². The number of rotatable bonds is 7. The van der Waals surface area contributed by atoms with Crippen molar-refractivity contribution >= 4 is 31.9 Å². The van der Waals surface area contributed by atoms with Crippen LogP contribution in [-0.2, 0) is 21.4 Å². The van der Waals surface area contributed by atoms with E-state index in [0.717, 1.165) is 10.0 Å². The molecule has 1 saturated carbocycles. The monoisotopic (exact) mass is 523 g/mol. The standard InChI is InChI=1S/C23H26BrNO6S/c24-19-3-1-2-17(12-19)15-25(14-16-4-6-18(7-5-16)23(26)27)32(28,29)20-8-9-21-22(13-20)31-11-10-30-21/h1-3,8-9,12-13,16,18H,4-7,10-11,14-15H2,(H,26,27). The molecule has 0 saturated heterocycles. The minimum absolute atomic E-state index is 0.115. The SMILES string of the molecule is O=C(O)C1CCC(CN(Cc2cccc(Br)c2)S(=O)(=O)c2ccc3c(c2)OCCO3)CC1. The highest BCUT2D eigenvalue weighted by Gasteiger charge is 2.32. The molecule has 2 aromatic rings. The molecule has 172 valence electrons. The van der Waals surface area contributed by atoms with Crippen LogP contribution < -0.4 is 9.47 Å². The molecule has 1 fully saturated rings. The highest BCUT2D eigenvalue weighted by Crippen LogP contribution is 2.35. The molecule has 0 bridgehead atoms. The summed E-state index contributed by atoms with van der Waals surface area (Å²) in [6.07, 6.45) is 2.55.